The second-order valence-electron chi connectivity index (χ2n) is 11.4. The molecule has 2 nitrogen and oxygen atoms in total. The molecule has 0 fully saturated rings. The molecule has 0 saturated heterocycles. The fourth-order valence-corrected chi connectivity index (χ4v) is 7.90. The molecule has 0 amide bonds. The number of pyridine rings is 2. The number of hydrogen-bond donors (Lipinski definition) is 0. The molecule has 2 aliphatic heterocycles. The predicted molar refractivity (Wildman–Crippen MR) is 171 cm³/mol. The van der Waals surface area contributed by atoms with Gasteiger partial charge in [0, 0.05) is 45.2 Å². The molecule has 0 aliphatic carbocycles. The van der Waals surface area contributed by atoms with Crippen LogP contribution in [-0.2, 0) is 19.5 Å². The lowest BCUT2D eigenvalue weighted by atomic mass is 9.90. The average Bonchev–Trinajstić information content (AvgIpc) is 3.17. The molecule has 0 radical (unpaired) electrons. The highest BCUT2D eigenvalue weighted by Gasteiger charge is 2.31. The summed E-state index contributed by atoms with van der Waals surface area (Å²) >= 11 is 1.93. The van der Waals surface area contributed by atoms with Gasteiger partial charge < -0.3 is 0 Å². The van der Waals surface area contributed by atoms with Crippen molar-refractivity contribution in [2.45, 2.75) is 43.1 Å². The number of fused-ring (bicyclic) bond motifs is 12. The van der Waals surface area contributed by atoms with Crippen LogP contribution in [-0.4, -0.2) is 0 Å². The molecular weight excluding hydrogens is 529 g/mol. The summed E-state index contributed by atoms with van der Waals surface area (Å²) < 4.78 is 4.92. The third-order valence-electron chi connectivity index (χ3n) is 8.78. The number of aromatic nitrogens is 2. The first-order valence-electron chi connectivity index (χ1n) is 14.8. The summed E-state index contributed by atoms with van der Waals surface area (Å²) in [7, 11) is 0. The Kier molecular flexibility index (Phi) is 6.08. The van der Waals surface area contributed by atoms with E-state index in [-0.39, 0.29) is 0 Å². The normalized spacial score (nSPS) is 12.8. The monoisotopic (exact) mass is 560 g/mol. The first-order chi connectivity index (χ1) is 20.7. The highest BCUT2D eigenvalue weighted by Crippen LogP contribution is 2.51. The van der Waals surface area contributed by atoms with E-state index in [0.717, 1.165) is 19.5 Å². The minimum absolute atomic E-state index is 0.798. The van der Waals surface area contributed by atoms with E-state index in [9.17, 15) is 0 Å². The maximum absolute atomic E-state index is 2.48. The van der Waals surface area contributed by atoms with Crippen LogP contribution < -0.4 is 9.13 Å². The van der Waals surface area contributed by atoms with Crippen LogP contribution >= 0.6 is 11.8 Å². The summed E-state index contributed by atoms with van der Waals surface area (Å²) in [6, 6.07) is 40.8. The molecule has 6 aromatic rings. The van der Waals surface area contributed by atoms with Crippen LogP contribution in [0.15, 0.2) is 131 Å². The molecule has 42 heavy (non-hydrogen) atoms. The van der Waals surface area contributed by atoms with Crippen molar-refractivity contribution in [1.82, 2.24) is 0 Å². The van der Waals surface area contributed by atoms with Crippen LogP contribution in [0.4, 0.5) is 0 Å². The summed E-state index contributed by atoms with van der Waals surface area (Å²) in [5.74, 6) is 0. The number of benzene rings is 4. The standard InChI is InChI=1S/C39H32N2S/c1-3-27-19-21-41-24-28-10-4-5-11-30(28)35-22-26(2)18-20-40(35)25-29-16-17-34-32-13-7-6-12-31(32)33-14-8-9-15-37(33)42-39(34)38(29)36(41)23-27/h4-23H,3,24-25H2,1-2H3/q+2. The van der Waals surface area contributed by atoms with Crippen LogP contribution in [0, 0.1) is 6.92 Å². The van der Waals surface area contributed by atoms with Crippen molar-refractivity contribution in [3.05, 3.63) is 144 Å². The van der Waals surface area contributed by atoms with Crippen LogP contribution in [0.5, 0.6) is 0 Å². The fourth-order valence-electron chi connectivity index (χ4n) is 6.62. The third kappa shape index (κ3) is 4.11. The molecule has 4 aromatic carbocycles. The summed E-state index contributed by atoms with van der Waals surface area (Å²) in [5.41, 5.74) is 15.7. The Bertz CT molecular complexity index is 2020. The quantitative estimate of drug-likeness (QED) is 0.182. The molecule has 2 aliphatic rings. The van der Waals surface area contributed by atoms with Gasteiger partial charge in [0.05, 0.1) is 11.1 Å². The van der Waals surface area contributed by atoms with Gasteiger partial charge in [0.1, 0.15) is 0 Å². The number of aryl methyl sites for hydroxylation is 2. The van der Waals surface area contributed by atoms with Crippen LogP contribution in [0.1, 0.15) is 29.2 Å². The SMILES string of the molecule is CCc1cc[n+]2c(c1)-c1c(ccc3c1Sc1ccccc1-c1ccccc1-3)C[n+]1ccc(C)cc1-c1ccccc1C2. The molecular formula is C39H32N2S+2. The lowest BCUT2D eigenvalue weighted by Crippen LogP contribution is -2.41. The Labute approximate surface area is 252 Å². The van der Waals surface area contributed by atoms with Gasteiger partial charge in [-0.1, -0.05) is 91.5 Å². The number of hydrogen-bond acceptors (Lipinski definition) is 1. The van der Waals surface area contributed by atoms with E-state index in [1.54, 1.807) is 0 Å². The summed E-state index contributed by atoms with van der Waals surface area (Å²) in [6.07, 6.45) is 5.58. The smallest absolute Gasteiger partial charge is 0.194 e. The molecule has 3 heteroatoms. The minimum atomic E-state index is 0.798. The third-order valence-corrected chi connectivity index (χ3v) is 9.98. The zero-order valence-electron chi connectivity index (χ0n) is 24.0. The van der Waals surface area contributed by atoms with Gasteiger partial charge in [-0.3, -0.25) is 0 Å². The highest BCUT2D eigenvalue weighted by molar-refractivity contribution is 7.99. The highest BCUT2D eigenvalue weighted by atomic mass is 32.2. The van der Waals surface area contributed by atoms with Crippen molar-refractivity contribution in [1.29, 1.82) is 0 Å². The largest absolute Gasteiger partial charge is 0.214 e. The zero-order valence-corrected chi connectivity index (χ0v) is 24.8. The molecule has 2 aromatic heterocycles. The van der Waals surface area contributed by atoms with Crippen LogP contribution in [0.25, 0.3) is 44.8 Å². The Morgan fingerprint density at radius 3 is 2.10 bits per heavy atom. The van der Waals surface area contributed by atoms with E-state index in [4.69, 9.17) is 0 Å². The van der Waals surface area contributed by atoms with Crippen molar-refractivity contribution in [2.75, 3.05) is 0 Å². The molecule has 0 spiro atoms. The van der Waals surface area contributed by atoms with Crippen molar-refractivity contribution < 1.29 is 9.13 Å². The zero-order chi connectivity index (χ0) is 28.2. The topological polar surface area (TPSA) is 7.76 Å². The number of nitrogens with zero attached hydrogens (tertiary/aromatic N) is 2. The molecule has 202 valence electrons. The summed E-state index contributed by atoms with van der Waals surface area (Å²) in [4.78, 5) is 2.65. The van der Waals surface area contributed by atoms with E-state index < -0.39 is 0 Å². The van der Waals surface area contributed by atoms with Crippen molar-refractivity contribution in [3.63, 3.8) is 0 Å². The molecule has 8 rings (SSSR count). The molecule has 4 heterocycles. The second kappa shape index (κ2) is 10.1. The van der Waals surface area contributed by atoms with Crippen molar-refractivity contribution in [2.24, 2.45) is 0 Å². The predicted octanol–water partition coefficient (Wildman–Crippen LogP) is 8.68. The van der Waals surface area contributed by atoms with Crippen LogP contribution in [0.3, 0.4) is 0 Å². The van der Waals surface area contributed by atoms with Crippen molar-refractivity contribution >= 4 is 11.8 Å². The molecule has 0 atom stereocenters. The Balaban J connectivity index is 1.48. The van der Waals surface area contributed by atoms with Gasteiger partial charge in [0.15, 0.2) is 25.5 Å². The van der Waals surface area contributed by atoms with Gasteiger partial charge in [-0.15, -0.1) is 0 Å². The molecule has 0 unspecified atom stereocenters. The van der Waals surface area contributed by atoms with E-state index in [0.29, 0.717) is 0 Å². The van der Waals surface area contributed by atoms with E-state index in [1.165, 1.54) is 76.8 Å². The second-order valence-corrected chi connectivity index (χ2v) is 12.4. The average molecular weight is 561 g/mol. The van der Waals surface area contributed by atoms with Crippen LogP contribution in [0.2, 0.25) is 0 Å². The maximum atomic E-state index is 2.48. The summed E-state index contributed by atoms with van der Waals surface area (Å²) in [6.45, 7) is 6.05. The number of rotatable bonds is 1. The Morgan fingerprint density at radius 1 is 0.595 bits per heavy atom. The lowest BCUT2D eigenvalue weighted by Gasteiger charge is -2.19. The van der Waals surface area contributed by atoms with E-state index in [2.05, 4.69) is 145 Å². The molecule has 0 bridgehead atoms. The first kappa shape index (κ1) is 25.3. The minimum Gasteiger partial charge on any atom is -0.194 e. The van der Waals surface area contributed by atoms with Gasteiger partial charge in [0.25, 0.3) is 0 Å². The van der Waals surface area contributed by atoms with E-state index >= 15 is 0 Å². The molecule has 0 saturated carbocycles. The van der Waals surface area contributed by atoms with Crippen molar-refractivity contribution in [3.8, 4) is 44.8 Å². The molecule has 0 N–H and O–H groups in total. The Hall–Kier alpha value is -4.47. The Morgan fingerprint density at radius 2 is 1.26 bits per heavy atom. The summed E-state index contributed by atoms with van der Waals surface area (Å²) in [5, 5.41) is 0. The first-order valence-corrected chi connectivity index (χ1v) is 15.6. The fraction of sp³-hybridized carbons (Fsp3) is 0.128. The van der Waals surface area contributed by atoms with Gasteiger partial charge in [-0.2, -0.15) is 9.13 Å². The lowest BCUT2D eigenvalue weighted by molar-refractivity contribution is -0.683. The van der Waals surface area contributed by atoms with Gasteiger partial charge in [-0.05, 0) is 58.9 Å². The van der Waals surface area contributed by atoms with Gasteiger partial charge in [-0.25, -0.2) is 0 Å². The van der Waals surface area contributed by atoms with Gasteiger partial charge >= 0.3 is 0 Å². The maximum Gasteiger partial charge on any atom is 0.214 e. The van der Waals surface area contributed by atoms with E-state index in [1.807, 2.05) is 11.8 Å². The van der Waals surface area contributed by atoms with Gasteiger partial charge in [0.2, 0.25) is 11.4 Å².